The van der Waals surface area contributed by atoms with Crippen molar-refractivity contribution in [3.8, 4) is 11.3 Å². The number of nitrogens with one attached hydrogen (secondary N) is 3. The molecule has 0 saturated carbocycles. The molecule has 1 atom stereocenters. The Morgan fingerprint density at radius 1 is 1.23 bits per heavy atom. The second-order valence-electron chi connectivity index (χ2n) is 5.64. The number of hydrogen-bond donors (Lipinski definition) is 4. The Kier molecular flexibility index (Phi) is 5.19. The van der Waals surface area contributed by atoms with Gasteiger partial charge in [0.05, 0.1) is 5.69 Å². The largest absolute Gasteiger partial charge is 0.595 e. The Bertz CT molecular complexity index is 1000. The highest BCUT2D eigenvalue weighted by molar-refractivity contribution is 7.71. The minimum atomic E-state index is -1.01. The summed E-state index contributed by atoms with van der Waals surface area (Å²) in [6.07, 6.45) is 0. The van der Waals surface area contributed by atoms with Crippen LogP contribution in [-0.2, 0) is 0 Å². The zero-order valence-electron chi connectivity index (χ0n) is 13.8. The van der Waals surface area contributed by atoms with Gasteiger partial charge in [-0.05, 0) is 49.0 Å². The molecule has 1 amide bonds. The second-order valence-corrected chi connectivity index (χ2v) is 6.02. The Morgan fingerprint density at radius 3 is 2.58 bits per heavy atom. The number of aromatic amines is 1. The predicted molar refractivity (Wildman–Crippen MR) is 99.8 cm³/mol. The molecule has 0 spiro atoms. The summed E-state index contributed by atoms with van der Waals surface area (Å²) in [5, 5.41) is 21.8. The summed E-state index contributed by atoms with van der Waals surface area (Å²) < 4.78 is 0.166. The van der Waals surface area contributed by atoms with Crippen molar-refractivity contribution in [3.63, 3.8) is 0 Å². The van der Waals surface area contributed by atoms with Gasteiger partial charge in [0, 0.05) is 23.4 Å². The fourth-order valence-corrected chi connectivity index (χ4v) is 2.62. The number of rotatable bonds is 4. The minimum Gasteiger partial charge on any atom is -0.595 e. The molecule has 8 heteroatoms. The maximum atomic E-state index is 12.6. The zero-order valence-corrected chi connectivity index (χ0v) is 14.6. The molecular weight excluding hydrogens is 352 g/mol. The Labute approximate surface area is 154 Å². The van der Waals surface area contributed by atoms with Crippen molar-refractivity contribution < 1.29 is 15.2 Å². The lowest BCUT2D eigenvalue weighted by atomic mass is 10.1. The fourth-order valence-electron chi connectivity index (χ4n) is 2.41. The summed E-state index contributed by atoms with van der Waals surface area (Å²) in [7, 11) is 0. The Hall–Kier alpha value is -2.91. The molecule has 0 aliphatic heterocycles. The molecule has 7 nitrogen and oxygen atoms in total. The lowest BCUT2D eigenvalue weighted by Crippen LogP contribution is -2.99. The van der Waals surface area contributed by atoms with E-state index < -0.39 is 5.23 Å². The van der Waals surface area contributed by atoms with Crippen molar-refractivity contribution in [3.05, 3.63) is 75.8 Å². The summed E-state index contributed by atoms with van der Waals surface area (Å²) in [6.45, 7) is 1.90. The van der Waals surface area contributed by atoms with Crippen LogP contribution in [0.1, 0.15) is 16.1 Å². The number of nitrogens with zero attached hydrogens (tertiary/aromatic N) is 1. The molecule has 0 fully saturated rings. The highest BCUT2D eigenvalue weighted by Gasteiger charge is 2.11. The molecule has 0 radical (unpaired) electrons. The van der Waals surface area contributed by atoms with Crippen LogP contribution in [0.3, 0.4) is 0 Å². The van der Waals surface area contributed by atoms with Crippen molar-refractivity contribution in [2.75, 3.05) is 5.32 Å². The van der Waals surface area contributed by atoms with Crippen molar-refractivity contribution in [1.29, 1.82) is 0 Å². The maximum absolute atomic E-state index is 12.6. The van der Waals surface area contributed by atoms with E-state index in [1.54, 1.807) is 18.2 Å². The number of anilines is 1. The van der Waals surface area contributed by atoms with Gasteiger partial charge in [-0.1, -0.05) is 18.2 Å². The number of benzene rings is 2. The standard InChI is InChI=1S/C18H16N4O3S/c1-11-4-2-3-5-14(11)19-17(23)16-10-15(20-18(26)21-16)12-6-8-13(9-7-12)22(24)25/h2-10,22,24H,1H3,(H,19,23)(H,20,21,26). The molecule has 26 heavy (non-hydrogen) atoms. The number of para-hydroxylation sites is 1. The number of quaternary nitrogens is 1. The van der Waals surface area contributed by atoms with E-state index in [1.807, 2.05) is 31.2 Å². The van der Waals surface area contributed by atoms with Gasteiger partial charge in [-0.3, -0.25) is 4.79 Å². The van der Waals surface area contributed by atoms with E-state index in [2.05, 4.69) is 15.3 Å². The van der Waals surface area contributed by atoms with Gasteiger partial charge in [-0.15, -0.1) is 0 Å². The third-order valence-corrected chi connectivity index (χ3v) is 4.00. The van der Waals surface area contributed by atoms with E-state index in [0.717, 1.165) is 5.56 Å². The first kappa shape index (κ1) is 17.9. The highest BCUT2D eigenvalue weighted by atomic mass is 32.1. The molecule has 3 aromatic rings. The molecule has 0 aliphatic rings. The van der Waals surface area contributed by atoms with E-state index in [1.165, 1.54) is 12.1 Å². The van der Waals surface area contributed by atoms with Gasteiger partial charge >= 0.3 is 0 Å². The van der Waals surface area contributed by atoms with Crippen LogP contribution in [0.4, 0.5) is 11.4 Å². The first-order valence-electron chi connectivity index (χ1n) is 7.76. The van der Waals surface area contributed by atoms with E-state index in [0.29, 0.717) is 16.9 Å². The third-order valence-electron chi connectivity index (χ3n) is 3.81. The van der Waals surface area contributed by atoms with Crippen LogP contribution in [-0.4, -0.2) is 21.1 Å². The normalized spacial score (nSPS) is 11.8. The number of aromatic nitrogens is 2. The molecule has 3 rings (SSSR count). The fraction of sp³-hybridized carbons (Fsp3) is 0.0556. The van der Waals surface area contributed by atoms with E-state index in [-0.39, 0.29) is 22.1 Å². The molecule has 0 bridgehead atoms. The average molecular weight is 368 g/mol. The van der Waals surface area contributed by atoms with Crippen molar-refractivity contribution >= 4 is 29.5 Å². The monoisotopic (exact) mass is 368 g/mol. The molecule has 132 valence electrons. The van der Waals surface area contributed by atoms with Crippen LogP contribution in [0.15, 0.2) is 54.6 Å². The quantitative estimate of drug-likeness (QED) is 0.419. The number of H-pyrrole nitrogens is 1. The summed E-state index contributed by atoms with van der Waals surface area (Å²) in [6, 6.07) is 15.2. The molecular formula is C18H16N4O3S. The molecule has 1 aromatic heterocycles. The van der Waals surface area contributed by atoms with Gasteiger partial charge in [0.25, 0.3) is 5.91 Å². The zero-order chi connectivity index (χ0) is 18.7. The lowest BCUT2D eigenvalue weighted by Gasteiger charge is -2.12. The first-order valence-corrected chi connectivity index (χ1v) is 8.17. The third kappa shape index (κ3) is 4.01. The SMILES string of the molecule is Cc1ccccc1NC(=O)c1cc(-c2ccc([NH+]([O-])O)cc2)nc(=S)[nH]1. The Balaban J connectivity index is 1.91. The topological polar surface area (TPSA) is 106 Å². The van der Waals surface area contributed by atoms with Gasteiger partial charge in [-0.2, -0.15) is 5.23 Å². The maximum Gasteiger partial charge on any atom is 0.272 e. The van der Waals surface area contributed by atoms with Crippen molar-refractivity contribution in [1.82, 2.24) is 9.97 Å². The van der Waals surface area contributed by atoms with Crippen LogP contribution in [0.5, 0.6) is 0 Å². The van der Waals surface area contributed by atoms with Gasteiger partial charge in [-0.25, -0.2) is 10.2 Å². The minimum absolute atomic E-state index is 0.166. The predicted octanol–water partition coefficient (Wildman–Crippen LogP) is 2.77. The molecule has 4 N–H and O–H groups in total. The number of carbonyl (C=O) groups is 1. The molecule has 0 aliphatic carbocycles. The second kappa shape index (κ2) is 7.54. The molecule has 1 heterocycles. The first-order chi connectivity index (χ1) is 12.4. The highest BCUT2D eigenvalue weighted by Crippen LogP contribution is 2.20. The molecule has 0 saturated heterocycles. The van der Waals surface area contributed by atoms with Crippen LogP contribution >= 0.6 is 12.2 Å². The van der Waals surface area contributed by atoms with Crippen molar-refractivity contribution in [2.24, 2.45) is 0 Å². The van der Waals surface area contributed by atoms with E-state index in [4.69, 9.17) is 17.4 Å². The van der Waals surface area contributed by atoms with E-state index in [9.17, 15) is 10.0 Å². The smallest absolute Gasteiger partial charge is 0.272 e. The van der Waals surface area contributed by atoms with E-state index >= 15 is 0 Å². The molecule has 2 aromatic carbocycles. The average Bonchev–Trinajstić information content (AvgIpc) is 2.63. The molecule has 1 unspecified atom stereocenters. The van der Waals surface area contributed by atoms with Crippen LogP contribution in [0, 0.1) is 16.9 Å². The summed E-state index contributed by atoms with van der Waals surface area (Å²) in [4.78, 5) is 19.6. The van der Waals surface area contributed by atoms with Crippen LogP contribution in [0.25, 0.3) is 11.3 Å². The van der Waals surface area contributed by atoms with Gasteiger partial charge in [0.2, 0.25) is 0 Å². The Morgan fingerprint density at radius 2 is 1.92 bits per heavy atom. The van der Waals surface area contributed by atoms with Gasteiger partial charge in [0.1, 0.15) is 5.69 Å². The summed E-state index contributed by atoms with van der Waals surface area (Å²) in [5.74, 6) is -0.337. The number of amides is 1. The van der Waals surface area contributed by atoms with Crippen molar-refractivity contribution in [2.45, 2.75) is 6.92 Å². The van der Waals surface area contributed by atoms with Gasteiger partial charge in [0.15, 0.2) is 10.5 Å². The van der Waals surface area contributed by atoms with Crippen LogP contribution < -0.4 is 10.5 Å². The number of carbonyl (C=O) groups excluding carboxylic acids is 1. The van der Waals surface area contributed by atoms with Crippen LogP contribution in [0.2, 0.25) is 0 Å². The number of aryl methyl sites for hydroxylation is 1. The summed E-state index contributed by atoms with van der Waals surface area (Å²) in [5.41, 5.74) is 3.25. The summed E-state index contributed by atoms with van der Waals surface area (Å²) >= 11 is 5.12. The lowest BCUT2D eigenvalue weighted by molar-refractivity contribution is -0.991. The number of hydrogen-bond acceptors (Lipinski definition) is 5. The van der Waals surface area contributed by atoms with Gasteiger partial charge < -0.3 is 15.5 Å².